The van der Waals surface area contributed by atoms with Gasteiger partial charge < -0.3 is 9.84 Å². The van der Waals surface area contributed by atoms with Crippen LogP contribution in [0.4, 0.5) is 5.69 Å². The minimum absolute atomic E-state index is 0.0744. The van der Waals surface area contributed by atoms with Crippen LogP contribution in [0.5, 0.6) is 11.5 Å². The minimum Gasteiger partial charge on any atom is -0.500 e. The van der Waals surface area contributed by atoms with E-state index in [4.69, 9.17) is 16.3 Å². The first-order valence-electron chi connectivity index (χ1n) is 6.56. The highest BCUT2D eigenvalue weighted by atomic mass is 35.5. The topological polar surface area (TPSA) is 114 Å². The van der Waals surface area contributed by atoms with Crippen molar-refractivity contribution in [2.24, 2.45) is 5.10 Å². The number of nitrogens with zero attached hydrogens (tertiary/aromatic N) is 2. The highest BCUT2D eigenvalue weighted by Gasteiger charge is 2.19. The highest BCUT2D eigenvalue weighted by molar-refractivity contribution is 6.30. The number of hydrogen-bond donors (Lipinski definition) is 2. The number of carbonyl (C=O) groups excluding carboxylic acids is 1. The summed E-state index contributed by atoms with van der Waals surface area (Å²) in [5, 5.41) is 24.8. The van der Waals surface area contributed by atoms with E-state index in [9.17, 15) is 20.0 Å². The lowest BCUT2D eigenvalue weighted by molar-refractivity contribution is -0.386. The monoisotopic (exact) mass is 349 g/mol. The number of hydrogen-bond acceptors (Lipinski definition) is 6. The van der Waals surface area contributed by atoms with E-state index in [1.54, 1.807) is 12.1 Å². The van der Waals surface area contributed by atoms with Gasteiger partial charge in [0.25, 0.3) is 5.91 Å². The smallest absolute Gasteiger partial charge is 0.315 e. The maximum Gasteiger partial charge on any atom is 0.315 e. The summed E-state index contributed by atoms with van der Waals surface area (Å²) in [5.74, 6) is -1.12. The first-order valence-corrected chi connectivity index (χ1v) is 6.94. The number of aromatic hydroxyl groups is 1. The Morgan fingerprint density at radius 3 is 2.62 bits per heavy atom. The molecule has 0 unspecified atom stereocenters. The molecule has 0 atom stereocenters. The van der Waals surface area contributed by atoms with Crippen LogP contribution < -0.4 is 10.2 Å². The number of nitrogens with one attached hydrogen (secondary N) is 1. The van der Waals surface area contributed by atoms with Crippen LogP contribution in [0.25, 0.3) is 0 Å². The number of nitro groups is 1. The molecule has 0 aliphatic rings. The van der Waals surface area contributed by atoms with Crippen molar-refractivity contribution in [3.8, 4) is 11.5 Å². The van der Waals surface area contributed by atoms with Crippen LogP contribution in [0.1, 0.15) is 15.9 Å². The van der Waals surface area contributed by atoms with E-state index in [0.29, 0.717) is 10.6 Å². The first-order chi connectivity index (χ1) is 11.4. The van der Waals surface area contributed by atoms with E-state index < -0.39 is 22.3 Å². The van der Waals surface area contributed by atoms with Crippen molar-refractivity contribution in [3.63, 3.8) is 0 Å². The van der Waals surface area contributed by atoms with Crippen molar-refractivity contribution in [3.05, 3.63) is 62.7 Å². The van der Waals surface area contributed by atoms with E-state index in [-0.39, 0.29) is 11.3 Å². The number of phenolic OH excluding ortho intramolecular Hbond substituents is 1. The molecule has 0 bridgehead atoms. The number of methoxy groups -OCH3 is 1. The molecule has 0 fully saturated rings. The predicted molar refractivity (Wildman–Crippen MR) is 87.8 cm³/mol. The largest absolute Gasteiger partial charge is 0.500 e. The van der Waals surface area contributed by atoms with Gasteiger partial charge in [-0.05, 0) is 30.3 Å². The zero-order valence-electron chi connectivity index (χ0n) is 12.4. The molecule has 9 heteroatoms. The third-order valence-corrected chi connectivity index (χ3v) is 3.23. The molecule has 24 heavy (non-hydrogen) atoms. The fourth-order valence-corrected chi connectivity index (χ4v) is 1.94. The Morgan fingerprint density at radius 1 is 1.38 bits per heavy atom. The lowest BCUT2D eigenvalue weighted by Gasteiger charge is -2.05. The summed E-state index contributed by atoms with van der Waals surface area (Å²) in [6.45, 7) is 0. The minimum atomic E-state index is -0.749. The Hall–Kier alpha value is -3.13. The average molecular weight is 350 g/mol. The molecular formula is C15H12ClN3O5. The quantitative estimate of drug-likeness (QED) is 0.489. The summed E-state index contributed by atoms with van der Waals surface area (Å²) in [7, 11) is 1.27. The van der Waals surface area contributed by atoms with Crippen LogP contribution in [0.3, 0.4) is 0 Å². The zero-order valence-corrected chi connectivity index (χ0v) is 13.1. The molecule has 2 rings (SSSR count). The highest BCUT2D eigenvalue weighted by Crippen LogP contribution is 2.36. The van der Waals surface area contributed by atoms with Gasteiger partial charge in [0, 0.05) is 22.2 Å². The number of rotatable bonds is 5. The molecule has 0 saturated carbocycles. The Labute approximate surface area is 141 Å². The summed E-state index contributed by atoms with van der Waals surface area (Å²) < 4.78 is 4.87. The van der Waals surface area contributed by atoms with Gasteiger partial charge in [-0.3, -0.25) is 14.9 Å². The molecule has 0 heterocycles. The molecule has 0 spiro atoms. The fourth-order valence-electron chi connectivity index (χ4n) is 1.81. The molecule has 2 aromatic carbocycles. The molecule has 2 aromatic rings. The fraction of sp³-hybridized carbons (Fsp3) is 0.0667. The number of amides is 1. The summed E-state index contributed by atoms with van der Waals surface area (Å²) in [6.07, 6.45) is 1.20. The Kier molecular flexibility index (Phi) is 5.33. The third-order valence-electron chi connectivity index (χ3n) is 2.98. The van der Waals surface area contributed by atoms with Crippen LogP contribution in [0.15, 0.2) is 41.5 Å². The van der Waals surface area contributed by atoms with Gasteiger partial charge in [0.2, 0.25) is 5.75 Å². The van der Waals surface area contributed by atoms with E-state index >= 15 is 0 Å². The van der Waals surface area contributed by atoms with Crippen molar-refractivity contribution in [1.82, 2.24) is 5.43 Å². The maximum atomic E-state index is 11.9. The second-order valence-corrected chi connectivity index (χ2v) is 4.99. The van der Waals surface area contributed by atoms with Crippen LogP contribution >= 0.6 is 11.6 Å². The van der Waals surface area contributed by atoms with Crippen LogP contribution in [0.2, 0.25) is 5.02 Å². The molecule has 0 saturated heterocycles. The third kappa shape index (κ3) is 3.99. The first kappa shape index (κ1) is 17.2. The normalized spacial score (nSPS) is 10.6. The number of benzene rings is 2. The van der Waals surface area contributed by atoms with Crippen molar-refractivity contribution >= 4 is 29.4 Å². The number of halogens is 1. The van der Waals surface area contributed by atoms with Crippen LogP contribution in [-0.2, 0) is 0 Å². The van der Waals surface area contributed by atoms with E-state index in [1.165, 1.54) is 31.5 Å². The lowest BCUT2D eigenvalue weighted by atomic mass is 10.2. The van der Waals surface area contributed by atoms with E-state index in [2.05, 4.69) is 10.5 Å². The predicted octanol–water partition coefficient (Wildman–Crippen LogP) is 2.73. The second kappa shape index (κ2) is 7.42. The molecule has 0 radical (unpaired) electrons. The van der Waals surface area contributed by atoms with Gasteiger partial charge in [-0.2, -0.15) is 5.10 Å². The van der Waals surface area contributed by atoms with Crippen LogP contribution in [-0.4, -0.2) is 29.3 Å². The van der Waals surface area contributed by atoms with Crippen molar-refractivity contribution < 1.29 is 19.6 Å². The standard InChI is InChI=1S/C15H12ClN3O5/c1-24-13-7-9(6-12(14(13)20)19(22)23)8-17-18-15(21)10-2-4-11(16)5-3-10/h2-8,20H,1H3,(H,18,21). The molecule has 0 aliphatic carbocycles. The van der Waals surface area contributed by atoms with E-state index in [0.717, 1.165) is 6.07 Å². The molecule has 8 nitrogen and oxygen atoms in total. The molecule has 0 aliphatic heterocycles. The lowest BCUT2D eigenvalue weighted by Crippen LogP contribution is -2.17. The number of ether oxygens (including phenoxy) is 1. The molecular weight excluding hydrogens is 338 g/mol. The number of phenols is 1. The number of nitro benzene ring substituents is 1. The van der Waals surface area contributed by atoms with Gasteiger partial charge in [-0.25, -0.2) is 5.43 Å². The molecule has 1 amide bonds. The Bertz CT molecular complexity index is 806. The summed E-state index contributed by atoms with van der Waals surface area (Å²) in [4.78, 5) is 22.0. The Balaban J connectivity index is 2.16. The SMILES string of the molecule is COc1cc(C=NNC(=O)c2ccc(Cl)cc2)cc([N+](=O)[O-])c1O. The van der Waals surface area contributed by atoms with Gasteiger partial charge >= 0.3 is 5.69 Å². The maximum absolute atomic E-state index is 11.9. The average Bonchev–Trinajstić information content (AvgIpc) is 2.56. The summed E-state index contributed by atoms with van der Waals surface area (Å²) >= 11 is 5.73. The van der Waals surface area contributed by atoms with Crippen LogP contribution in [0, 0.1) is 10.1 Å². The summed E-state index contributed by atoms with van der Waals surface area (Å²) in [5.41, 5.74) is 2.38. The van der Waals surface area contributed by atoms with E-state index in [1.807, 2.05) is 0 Å². The molecule has 0 aromatic heterocycles. The molecule has 2 N–H and O–H groups in total. The van der Waals surface area contributed by atoms with Crippen molar-refractivity contribution in [2.45, 2.75) is 0 Å². The van der Waals surface area contributed by atoms with Gasteiger partial charge in [-0.15, -0.1) is 0 Å². The van der Waals surface area contributed by atoms with Gasteiger partial charge in [0.15, 0.2) is 5.75 Å². The zero-order chi connectivity index (χ0) is 17.7. The van der Waals surface area contributed by atoms with Gasteiger partial charge in [0.1, 0.15) is 0 Å². The van der Waals surface area contributed by atoms with Crippen molar-refractivity contribution in [1.29, 1.82) is 0 Å². The van der Waals surface area contributed by atoms with Crippen molar-refractivity contribution in [2.75, 3.05) is 7.11 Å². The molecule has 124 valence electrons. The number of hydrazone groups is 1. The number of carbonyl (C=O) groups is 1. The summed E-state index contributed by atoms with van der Waals surface area (Å²) in [6, 6.07) is 8.64. The Morgan fingerprint density at radius 2 is 2.04 bits per heavy atom. The second-order valence-electron chi connectivity index (χ2n) is 4.55. The van der Waals surface area contributed by atoms with Gasteiger partial charge in [-0.1, -0.05) is 11.6 Å². The van der Waals surface area contributed by atoms with Gasteiger partial charge in [0.05, 0.1) is 18.2 Å².